The fraction of sp³-hybridized carbons (Fsp3) is 0.292. The number of benzene rings is 2. The molecule has 0 radical (unpaired) electrons. The summed E-state index contributed by atoms with van der Waals surface area (Å²) in [6.07, 6.45) is 3.62. The lowest BCUT2D eigenvalue weighted by Gasteiger charge is -2.27. The van der Waals surface area contributed by atoms with E-state index in [1.807, 2.05) is 49.5 Å². The molecule has 6 rings (SSSR count). The Morgan fingerprint density at radius 3 is 2.58 bits per heavy atom. The molecule has 0 fully saturated rings. The molecule has 0 spiro atoms. The number of aryl methyl sites for hydroxylation is 3. The molecule has 0 bridgehead atoms. The highest BCUT2D eigenvalue weighted by molar-refractivity contribution is 7.89. The van der Waals surface area contributed by atoms with Crippen molar-refractivity contribution in [2.24, 2.45) is 7.05 Å². The third kappa shape index (κ3) is 3.39. The molecule has 2 aliphatic rings. The molecule has 0 N–H and O–H groups in total. The first-order valence-corrected chi connectivity index (χ1v) is 12.5. The van der Waals surface area contributed by atoms with E-state index in [0.717, 1.165) is 41.6 Å². The highest BCUT2D eigenvalue weighted by Crippen LogP contribution is 2.33. The molecular formula is C24H23N5O3S. The van der Waals surface area contributed by atoms with Crippen LogP contribution in [0.3, 0.4) is 0 Å². The molecule has 4 aromatic rings. The van der Waals surface area contributed by atoms with Crippen molar-refractivity contribution in [1.29, 1.82) is 0 Å². The van der Waals surface area contributed by atoms with Crippen LogP contribution in [0.5, 0.6) is 0 Å². The van der Waals surface area contributed by atoms with E-state index in [2.05, 4.69) is 15.3 Å². The molecule has 0 unspecified atom stereocenters. The van der Waals surface area contributed by atoms with Crippen molar-refractivity contribution < 1.29 is 12.8 Å². The quantitative estimate of drug-likeness (QED) is 0.463. The number of aromatic nitrogens is 4. The molecule has 0 amide bonds. The SMILES string of the molecule is Cn1nc(-c2nnc(-c3ccccc3)o2)c2c1CCN(S(=O)(=O)c1ccc3c(c1)CCC3)C2. The molecule has 3 heterocycles. The van der Waals surface area contributed by atoms with Gasteiger partial charge in [0.2, 0.25) is 15.9 Å². The summed E-state index contributed by atoms with van der Waals surface area (Å²) < 4.78 is 36.2. The van der Waals surface area contributed by atoms with Crippen LogP contribution in [0.1, 0.15) is 28.8 Å². The second-order valence-electron chi connectivity index (χ2n) is 8.55. The molecule has 9 heteroatoms. The second-order valence-corrected chi connectivity index (χ2v) is 10.5. The lowest BCUT2D eigenvalue weighted by Crippen LogP contribution is -2.36. The molecule has 8 nitrogen and oxygen atoms in total. The first-order chi connectivity index (χ1) is 16.0. The van der Waals surface area contributed by atoms with Crippen molar-refractivity contribution in [3.05, 3.63) is 70.9 Å². The van der Waals surface area contributed by atoms with Crippen LogP contribution in [0.4, 0.5) is 0 Å². The minimum absolute atomic E-state index is 0.223. The Hall–Kier alpha value is -3.30. The van der Waals surface area contributed by atoms with E-state index < -0.39 is 10.0 Å². The van der Waals surface area contributed by atoms with Crippen LogP contribution in [-0.2, 0) is 42.9 Å². The second kappa shape index (κ2) is 7.64. The number of sulfonamides is 1. The standard InChI is InChI=1S/C24H23N5O3S/c1-28-21-12-13-29(33(30,31)19-11-10-16-8-5-9-18(16)14-19)15-20(21)22(27-28)24-26-25-23(32-24)17-6-3-2-4-7-17/h2-4,6-7,10-11,14H,5,8-9,12-13,15H2,1H3. The Labute approximate surface area is 191 Å². The Morgan fingerprint density at radius 2 is 1.73 bits per heavy atom. The van der Waals surface area contributed by atoms with Gasteiger partial charge in [0, 0.05) is 43.4 Å². The van der Waals surface area contributed by atoms with Crippen molar-refractivity contribution in [1.82, 2.24) is 24.3 Å². The van der Waals surface area contributed by atoms with Crippen LogP contribution < -0.4 is 0 Å². The smallest absolute Gasteiger partial charge is 0.268 e. The van der Waals surface area contributed by atoms with Crippen LogP contribution >= 0.6 is 0 Å². The summed E-state index contributed by atoms with van der Waals surface area (Å²) in [4.78, 5) is 0.362. The Kier molecular flexibility index (Phi) is 4.70. The number of rotatable bonds is 4. The van der Waals surface area contributed by atoms with Gasteiger partial charge in [0.15, 0.2) is 5.69 Å². The third-order valence-corrected chi connectivity index (χ3v) is 8.40. The van der Waals surface area contributed by atoms with Crippen molar-refractivity contribution in [2.75, 3.05) is 6.54 Å². The van der Waals surface area contributed by atoms with Gasteiger partial charge in [-0.15, -0.1) is 10.2 Å². The molecule has 0 saturated carbocycles. The van der Waals surface area contributed by atoms with E-state index in [-0.39, 0.29) is 6.54 Å². The highest BCUT2D eigenvalue weighted by atomic mass is 32.2. The summed E-state index contributed by atoms with van der Waals surface area (Å²) in [6, 6.07) is 15.1. The first kappa shape index (κ1) is 20.3. The van der Waals surface area contributed by atoms with Gasteiger partial charge in [0.25, 0.3) is 5.89 Å². The molecule has 0 saturated heterocycles. The molecule has 168 valence electrons. The molecular weight excluding hydrogens is 438 g/mol. The Morgan fingerprint density at radius 1 is 0.939 bits per heavy atom. The van der Waals surface area contributed by atoms with Gasteiger partial charge in [0.1, 0.15) is 0 Å². The van der Waals surface area contributed by atoms with Gasteiger partial charge in [-0.05, 0) is 54.7 Å². The number of nitrogens with zero attached hydrogens (tertiary/aromatic N) is 5. The van der Waals surface area contributed by atoms with Crippen LogP contribution in [0.25, 0.3) is 23.0 Å². The van der Waals surface area contributed by atoms with Gasteiger partial charge in [0.05, 0.1) is 4.90 Å². The molecule has 0 atom stereocenters. The maximum absolute atomic E-state index is 13.5. The number of hydrogen-bond donors (Lipinski definition) is 0. The summed E-state index contributed by atoms with van der Waals surface area (Å²) in [7, 11) is -1.76. The lowest BCUT2D eigenvalue weighted by molar-refractivity contribution is 0.386. The molecule has 1 aliphatic carbocycles. The maximum atomic E-state index is 13.5. The fourth-order valence-electron chi connectivity index (χ4n) is 4.82. The van der Waals surface area contributed by atoms with Gasteiger partial charge in [-0.25, -0.2) is 8.42 Å². The maximum Gasteiger partial charge on any atom is 0.268 e. The monoisotopic (exact) mass is 461 g/mol. The fourth-order valence-corrected chi connectivity index (χ4v) is 6.28. The summed E-state index contributed by atoms with van der Waals surface area (Å²) in [5.74, 6) is 0.700. The molecule has 2 aromatic heterocycles. The summed E-state index contributed by atoms with van der Waals surface area (Å²) in [5, 5.41) is 13.0. The van der Waals surface area contributed by atoms with Crippen molar-refractivity contribution in [2.45, 2.75) is 37.1 Å². The van der Waals surface area contributed by atoms with Gasteiger partial charge in [-0.1, -0.05) is 24.3 Å². The minimum Gasteiger partial charge on any atom is -0.415 e. The van der Waals surface area contributed by atoms with E-state index in [1.165, 1.54) is 9.87 Å². The van der Waals surface area contributed by atoms with E-state index >= 15 is 0 Å². The van der Waals surface area contributed by atoms with E-state index in [9.17, 15) is 8.42 Å². The van der Waals surface area contributed by atoms with Crippen LogP contribution in [0.2, 0.25) is 0 Å². The average Bonchev–Trinajstić information content (AvgIpc) is 3.58. The first-order valence-electron chi connectivity index (χ1n) is 11.1. The summed E-state index contributed by atoms with van der Waals surface area (Å²) in [5.41, 5.74) is 5.57. The molecule has 1 aliphatic heterocycles. The zero-order valence-electron chi connectivity index (χ0n) is 18.2. The van der Waals surface area contributed by atoms with Crippen LogP contribution in [-0.4, -0.2) is 39.2 Å². The van der Waals surface area contributed by atoms with Crippen molar-refractivity contribution >= 4 is 10.0 Å². The largest absolute Gasteiger partial charge is 0.415 e. The predicted octanol–water partition coefficient (Wildman–Crippen LogP) is 3.37. The summed E-state index contributed by atoms with van der Waals surface area (Å²) in [6.45, 7) is 0.630. The predicted molar refractivity (Wildman–Crippen MR) is 122 cm³/mol. The number of fused-ring (bicyclic) bond motifs is 2. The van der Waals surface area contributed by atoms with Crippen LogP contribution in [0, 0.1) is 0 Å². The topological polar surface area (TPSA) is 94.1 Å². The molecule has 2 aromatic carbocycles. The number of hydrogen-bond acceptors (Lipinski definition) is 6. The zero-order chi connectivity index (χ0) is 22.6. The lowest BCUT2D eigenvalue weighted by atomic mass is 10.1. The van der Waals surface area contributed by atoms with E-state index in [1.54, 1.807) is 10.7 Å². The normalized spacial score (nSPS) is 16.0. The van der Waals surface area contributed by atoms with E-state index in [4.69, 9.17) is 4.42 Å². The average molecular weight is 462 g/mol. The van der Waals surface area contributed by atoms with Gasteiger partial charge >= 0.3 is 0 Å². The van der Waals surface area contributed by atoms with Gasteiger partial charge in [-0.2, -0.15) is 9.40 Å². The minimum atomic E-state index is -3.62. The van der Waals surface area contributed by atoms with Crippen molar-refractivity contribution in [3.8, 4) is 23.0 Å². The van der Waals surface area contributed by atoms with E-state index in [0.29, 0.717) is 35.3 Å². The van der Waals surface area contributed by atoms with Crippen molar-refractivity contribution in [3.63, 3.8) is 0 Å². The van der Waals surface area contributed by atoms with Gasteiger partial charge < -0.3 is 4.42 Å². The Balaban J connectivity index is 1.34. The Bertz CT molecular complexity index is 1460. The molecule has 33 heavy (non-hydrogen) atoms. The highest BCUT2D eigenvalue weighted by Gasteiger charge is 2.34. The van der Waals surface area contributed by atoms with Gasteiger partial charge in [-0.3, -0.25) is 4.68 Å². The van der Waals surface area contributed by atoms with Crippen LogP contribution in [0.15, 0.2) is 57.8 Å². The summed E-state index contributed by atoms with van der Waals surface area (Å²) >= 11 is 0. The zero-order valence-corrected chi connectivity index (χ0v) is 19.0. The third-order valence-electron chi connectivity index (χ3n) is 6.56.